The van der Waals surface area contributed by atoms with Gasteiger partial charge in [-0.25, -0.2) is 10.0 Å². The zero-order valence-corrected chi connectivity index (χ0v) is 14.6. The monoisotopic (exact) mass is 339 g/mol. The Hall–Kier alpha value is 0.110. The molecule has 1 rings (SSSR count). The Morgan fingerprint density at radius 2 is 1.53 bits per heavy atom. The van der Waals surface area contributed by atoms with Gasteiger partial charge in [0.25, 0.3) is 0 Å². The molecule has 0 saturated heterocycles. The van der Waals surface area contributed by atoms with Crippen LogP contribution in [0.4, 0.5) is 0 Å². The molecule has 1 nitrogen and oxygen atoms in total. The van der Waals surface area contributed by atoms with Crippen molar-refractivity contribution in [2.75, 3.05) is 18.8 Å². The van der Waals surface area contributed by atoms with Crippen LogP contribution >= 0.6 is 44.8 Å². The van der Waals surface area contributed by atoms with Gasteiger partial charge in [-0.05, 0) is 42.7 Å². The van der Waals surface area contributed by atoms with E-state index in [0.29, 0.717) is 6.42 Å². The van der Waals surface area contributed by atoms with Crippen LogP contribution in [0.25, 0.3) is 0 Å². The van der Waals surface area contributed by atoms with Crippen LogP contribution < -0.4 is 0 Å². The van der Waals surface area contributed by atoms with E-state index in [1.54, 1.807) is 0 Å². The molecule has 0 bridgehead atoms. The lowest BCUT2D eigenvalue weighted by Gasteiger charge is -2.25. The smallest absolute Gasteiger partial charge is 0.228 e. The van der Waals surface area contributed by atoms with Gasteiger partial charge in [0.15, 0.2) is 0 Å². The minimum atomic E-state index is -1.57. The van der Waals surface area contributed by atoms with Gasteiger partial charge in [-0.3, -0.25) is 0 Å². The first-order valence-corrected chi connectivity index (χ1v) is 10.1. The molecule has 0 aromatic heterocycles. The Bertz CT molecular complexity index is 429. The topological polar surface area (TPSA) is 23.9 Å². The molecule has 0 aliphatic carbocycles. The molecular formula is C14H20Cl3NS. The molecule has 108 valence electrons. The molecule has 0 unspecified atom stereocenters. The van der Waals surface area contributed by atoms with Crippen LogP contribution in [-0.4, -0.2) is 28.3 Å². The Morgan fingerprint density at radius 1 is 1.05 bits per heavy atom. The average molecular weight is 341 g/mol. The number of benzene rings is 1. The Balaban J connectivity index is 2.56. The van der Waals surface area contributed by atoms with Gasteiger partial charge in [0.2, 0.25) is 3.79 Å². The second-order valence-electron chi connectivity index (χ2n) is 5.53. The third-order valence-corrected chi connectivity index (χ3v) is 4.51. The van der Waals surface area contributed by atoms with E-state index in [2.05, 4.69) is 43.0 Å². The fourth-order valence-electron chi connectivity index (χ4n) is 1.71. The molecule has 1 aromatic carbocycles. The predicted molar refractivity (Wildman–Crippen MR) is 91.8 cm³/mol. The van der Waals surface area contributed by atoms with Gasteiger partial charge in [-0.2, -0.15) is 0 Å². The molecule has 5 heteroatoms. The number of hydrogen-bond donors (Lipinski definition) is 1. The highest BCUT2D eigenvalue weighted by atomic mass is 35.6. The zero-order valence-electron chi connectivity index (χ0n) is 11.5. The van der Waals surface area contributed by atoms with Gasteiger partial charge in [0.1, 0.15) is 0 Å². The Kier molecular flexibility index (Phi) is 6.06. The van der Waals surface area contributed by atoms with Crippen LogP contribution in [0.1, 0.15) is 17.5 Å². The third-order valence-electron chi connectivity index (χ3n) is 2.63. The van der Waals surface area contributed by atoms with Crippen LogP contribution in [0, 0.1) is 5.41 Å². The van der Waals surface area contributed by atoms with E-state index in [0.717, 1.165) is 12.2 Å². The lowest BCUT2D eigenvalue weighted by Crippen LogP contribution is -2.18. The summed E-state index contributed by atoms with van der Waals surface area (Å²) in [5.74, 6) is 1.14. The SMILES string of the molecule is CS(C)(C)Cc1ccc(CCC(=N)C(Cl)(Cl)Cl)cc1. The van der Waals surface area contributed by atoms with Gasteiger partial charge in [-0.1, -0.05) is 59.1 Å². The van der Waals surface area contributed by atoms with E-state index in [4.69, 9.17) is 40.2 Å². The van der Waals surface area contributed by atoms with Crippen molar-refractivity contribution in [1.29, 1.82) is 5.41 Å². The van der Waals surface area contributed by atoms with E-state index in [1.165, 1.54) is 11.1 Å². The van der Waals surface area contributed by atoms with Gasteiger partial charge in [0, 0.05) is 5.75 Å². The molecule has 0 atom stereocenters. The number of nitrogens with one attached hydrogen (secondary N) is 1. The van der Waals surface area contributed by atoms with Crippen molar-refractivity contribution in [3.8, 4) is 0 Å². The average Bonchev–Trinajstić information content (AvgIpc) is 2.24. The number of rotatable bonds is 5. The van der Waals surface area contributed by atoms with Crippen molar-refractivity contribution in [3.63, 3.8) is 0 Å². The van der Waals surface area contributed by atoms with Crippen molar-refractivity contribution in [2.24, 2.45) is 0 Å². The third kappa shape index (κ3) is 6.89. The van der Waals surface area contributed by atoms with Crippen LogP contribution in [0.3, 0.4) is 0 Å². The van der Waals surface area contributed by atoms with Crippen LogP contribution in [0.15, 0.2) is 24.3 Å². The molecule has 19 heavy (non-hydrogen) atoms. The molecule has 1 N–H and O–H groups in total. The molecule has 0 radical (unpaired) electrons. The molecule has 1 aromatic rings. The quantitative estimate of drug-likeness (QED) is 0.562. The minimum absolute atomic E-state index is 0.140. The van der Waals surface area contributed by atoms with Gasteiger partial charge in [0.05, 0.1) is 5.71 Å². The van der Waals surface area contributed by atoms with E-state index in [-0.39, 0.29) is 5.71 Å². The molecule has 0 aliphatic rings. The molecule has 0 amide bonds. The summed E-state index contributed by atoms with van der Waals surface area (Å²) in [5, 5.41) is 7.66. The van der Waals surface area contributed by atoms with Gasteiger partial charge >= 0.3 is 0 Å². The molecule has 0 saturated carbocycles. The molecule has 0 aliphatic heterocycles. The first kappa shape index (κ1) is 17.2. The highest BCUT2D eigenvalue weighted by Crippen LogP contribution is 2.38. The summed E-state index contributed by atoms with van der Waals surface area (Å²) >= 11 is 17.0. The van der Waals surface area contributed by atoms with Crippen LogP contribution in [0.5, 0.6) is 0 Å². The van der Waals surface area contributed by atoms with Crippen LogP contribution in [0.2, 0.25) is 0 Å². The second-order valence-corrected chi connectivity index (χ2v) is 12.3. The van der Waals surface area contributed by atoms with Crippen molar-refractivity contribution in [3.05, 3.63) is 35.4 Å². The highest BCUT2D eigenvalue weighted by Gasteiger charge is 2.25. The van der Waals surface area contributed by atoms with Gasteiger partial charge < -0.3 is 5.41 Å². The summed E-state index contributed by atoms with van der Waals surface area (Å²) in [6.07, 6.45) is 8.13. The highest BCUT2D eigenvalue weighted by molar-refractivity contribution is 8.31. The standard InChI is InChI=1S/C14H20Cl3NS/c1-19(2,3)10-12-6-4-11(5-7-12)8-9-13(18)14(15,16)17/h4-7,18H,8-10H2,1-3H3. The first-order valence-electron chi connectivity index (χ1n) is 5.96. The minimum Gasteiger partial charge on any atom is -0.305 e. The summed E-state index contributed by atoms with van der Waals surface area (Å²) in [6.45, 7) is 0. The van der Waals surface area contributed by atoms with Crippen molar-refractivity contribution < 1.29 is 0 Å². The van der Waals surface area contributed by atoms with Crippen molar-refractivity contribution in [1.82, 2.24) is 0 Å². The lowest BCUT2D eigenvalue weighted by atomic mass is 10.1. The van der Waals surface area contributed by atoms with E-state index in [9.17, 15) is 0 Å². The maximum Gasteiger partial charge on any atom is 0.228 e. The van der Waals surface area contributed by atoms with Crippen LogP contribution in [-0.2, 0) is 12.2 Å². The fourth-order valence-corrected chi connectivity index (χ4v) is 3.19. The lowest BCUT2D eigenvalue weighted by molar-refractivity contribution is 1.01. The van der Waals surface area contributed by atoms with E-state index in [1.807, 2.05) is 0 Å². The normalized spacial score (nSPS) is 13.4. The van der Waals surface area contributed by atoms with Gasteiger partial charge in [-0.15, -0.1) is 0 Å². The Morgan fingerprint density at radius 3 is 1.95 bits per heavy atom. The molecular weight excluding hydrogens is 321 g/mol. The van der Waals surface area contributed by atoms with Crippen molar-refractivity contribution in [2.45, 2.75) is 22.4 Å². The summed E-state index contributed by atoms with van der Waals surface area (Å²) in [5.41, 5.74) is 2.68. The summed E-state index contributed by atoms with van der Waals surface area (Å²) in [6, 6.07) is 8.53. The fraction of sp³-hybridized carbons (Fsp3) is 0.500. The summed E-state index contributed by atoms with van der Waals surface area (Å²) < 4.78 is -1.57. The molecule has 0 spiro atoms. The number of hydrogen-bond acceptors (Lipinski definition) is 1. The summed E-state index contributed by atoms with van der Waals surface area (Å²) in [7, 11) is -0.522. The van der Waals surface area contributed by atoms with E-state index < -0.39 is 13.8 Å². The van der Waals surface area contributed by atoms with E-state index >= 15 is 0 Å². The van der Waals surface area contributed by atoms with Crippen molar-refractivity contribution >= 4 is 50.5 Å². The molecule has 0 heterocycles. The first-order chi connectivity index (χ1) is 8.58. The number of alkyl halides is 3. The maximum absolute atomic E-state index is 7.66. The summed E-state index contributed by atoms with van der Waals surface area (Å²) in [4.78, 5) is 0. The number of halogens is 3. The molecule has 0 fully saturated rings. The second kappa shape index (κ2) is 6.71. The largest absolute Gasteiger partial charge is 0.305 e. The maximum atomic E-state index is 7.66. The Labute approximate surface area is 132 Å². The zero-order chi connectivity index (χ0) is 14.7. The predicted octanol–water partition coefficient (Wildman–Crippen LogP) is 5.20. The number of aryl methyl sites for hydroxylation is 1.